The van der Waals surface area contributed by atoms with E-state index in [1.54, 1.807) is 6.07 Å². The number of aryl methyl sites for hydroxylation is 1. The fourth-order valence-corrected chi connectivity index (χ4v) is 2.66. The zero-order valence-corrected chi connectivity index (χ0v) is 10.8. The van der Waals surface area contributed by atoms with E-state index in [0.717, 1.165) is 12.1 Å². The van der Waals surface area contributed by atoms with Gasteiger partial charge in [-0.25, -0.2) is 0 Å². The van der Waals surface area contributed by atoms with Gasteiger partial charge in [-0.2, -0.15) is 0 Å². The van der Waals surface area contributed by atoms with Crippen LogP contribution in [0, 0.1) is 12.8 Å². The van der Waals surface area contributed by atoms with Crippen LogP contribution >= 0.6 is 0 Å². The van der Waals surface area contributed by atoms with Crippen molar-refractivity contribution in [1.82, 2.24) is 10.1 Å². The molecule has 1 amide bonds. The molecule has 2 rings (SSSR count). The van der Waals surface area contributed by atoms with Crippen molar-refractivity contribution in [3.05, 3.63) is 17.5 Å². The Morgan fingerprint density at radius 2 is 2.18 bits per heavy atom. The molecule has 94 valence electrons. The summed E-state index contributed by atoms with van der Waals surface area (Å²) >= 11 is 0. The van der Waals surface area contributed by atoms with Crippen LogP contribution in [0.5, 0.6) is 0 Å². The molecule has 1 saturated carbocycles. The Labute approximate surface area is 102 Å². The molecule has 0 saturated heterocycles. The molecule has 0 aliphatic heterocycles. The summed E-state index contributed by atoms with van der Waals surface area (Å²) in [5.41, 5.74) is 0.749. The van der Waals surface area contributed by atoms with E-state index >= 15 is 0 Å². The zero-order valence-electron chi connectivity index (χ0n) is 10.8. The molecular weight excluding hydrogens is 216 g/mol. The molecule has 1 aromatic heterocycles. The highest BCUT2D eigenvalue weighted by Crippen LogP contribution is 2.28. The van der Waals surface area contributed by atoms with Crippen LogP contribution in [0.4, 0.5) is 0 Å². The van der Waals surface area contributed by atoms with Crippen molar-refractivity contribution in [2.75, 3.05) is 7.05 Å². The largest absolute Gasteiger partial charge is 0.351 e. The Balaban J connectivity index is 2.08. The first-order chi connectivity index (χ1) is 8.09. The molecule has 0 bridgehead atoms. The van der Waals surface area contributed by atoms with Gasteiger partial charge in [0.2, 0.25) is 5.76 Å². The molecule has 1 aliphatic carbocycles. The normalized spacial score (nSPS) is 24.6. The summed E-state index contributed by atoms with van der Waals surface area (Å²) in [6.45, 7) is 4.04. The number of carbonyl (C=O) groups is 1. The minimum atomic E-state index is -0.0515. The van der Waals surface area contributed by atoms with Crippen LogP contribution in [0.25, 0.3) is 0 Å². The molecule has 0 N–H and O–H groups in total. The first-order valence-corrected chi connectivity index (χ1v) is 6.30. The first-order valence-electron chi connectivity index (χ1n) is 6.30. The smallest absolute Gasteiger partial charge is 0.292 e. The molecule has 4 heteroatoms. The van der Waals surface area contributed by atoms with Crippen molar-refractivity contribution < 1.29 is 9.32 Å². The standard InChI is InChI=1S/C13H20N2O2/c1-9-6-4-5-7-11(9)15(3)13(16)12-8-10(2)14-17-12/h8-9,11H,4-7H2,1-3H3/t9-,11+/m1/s1. The third-order valence-corrected chi connectivity index (χ3v) is 3.72. The van der Waals surface area contributed by atoms with Crippen molar-refractivity contribution in [3.63, 3.8) is 0 Å². The van der Waals surface area contributed by atoms with E-state index in [1.165, 1.54) is 19.3 Å². The molecule has 0 spiro atoms. The molecule has 1 heterocycles. The van der Waals surface area contributed by atoms with Gasteiger partial charge in [0.1, 0.15) is 0 Å². The lowest BCUT2D eigenvalue weighted by Crippen LogP contribution is -2.42. The van der Waals surface area contributed by atoms with Crippen LogP contribution in [-0.2, 0) is 0 Å². The van der Waals surface area contributed by atoms with Crippen LogP contribution in [0.1, 0.15) is 48.9 Å². The van der Waals surface area contributed by atoms with E-state index < -0.39 is 0 Å². The zero-order chi connectivity index (χ0) is 12.4. The monoisotopic (exact) mass is 236 g/mol. The quantitative estimate of drug-likeness (QED) is 0.793. The van der Waals surface area contributed by atoms with Crippen molar-refractivity contribution in [3.8, 4) is 0 Å². The molecule has 1 fully saturated rings. The molecule has 0 radical (unpaired) electrons. The predicted octanol–water partition coefficient (Wildman–Crippen LogP) is 2.63. The summed E-state index contributed by atoms with van der Waals surface area (Å²) in [6.07, 6.45) is 4.79. The summed E-state index contributed by atoms with van der Waals surface area (Å²) in [6, 6.07) is 2.04. The van der Waals surface area contributed by atoms with Crippen molar-refractivity contribution in [1.29, 1.82) is 0 Å². The summed E-state index contributed by atoms with van der Waals surface area (Å²) in [5.74, 6) is 0.869. The van der Waals surface area contributed by atoms with Gasteiger partial charge in [-0.1, -0.05) is 24.9 Å². The lowest BCUT2D eigenvalue weighted by Gasteiger charge is -2.35. The van der Waals surface area contributed by atoms with E-state index in [-0.39, 0.29) is 5.91 Å². The summed E-state index contributed by atoms with van der Waals surface area (Å²) < 4.78 is 5.03. The van der Waals surface area contributed by atoms with Gasteiger partial charge in [-0.15, -0.1) is 0 Å². The second kappa shape index (κ2) is 4.90. The number of aromatic nitrogens is 1. The minimum absolute atomic E-state index is 0.0515. The highest BCUT2D eigenvalue weighted by atomic mass is 16.5. The van der Waals surface area contributed by atoms with Gasteiger partial charge in [0, 0.05) is 19.2 Å². The average molecular weight is 236 g/mol. The maximum Gasteiger partial charge on any atom is 0.292 e. The van der Waals surface area contributed by atoms with Gasteiger partial charge in [0.25, 0.3) is 5.91 Å². The minimum Gasteiger partial charge on any atom is -0.351 e. The third-order valence-electron chi connectivity index (χ3n) is 3.72. The molecular formula is C13H20N2O2. The van der Waals surface area contributed by atoms with Crippen molar-refractivity contribution in [2.24, 2.45) is 5.92 Å². The van der Waals surface area contributed by atoms with Crippen LogP contribution in [0.2, 0.25) is 0 Å². The lowest BCUT2D eigenvalue weighted by atomic mass is 9.85. The number of carbonyl (C=O) groups excluding carboxylic acids is 1. The molecule has 17 heavy (non-hydrogen) atoms. The Morgan fingerprint density at radius 3 is 2.76 bits per heavy atom. The number of hydrogen-bond donors (Lipinski definition) is 0. The van der Waals surface area contributed by atoms with Crippen LogP contribution in [-0.4, -0.2) is 29.1 Å². The predicted molar refractivity (Wildman–Crippen MR) is 64.8 cm³/mol. The summed E-state index contributed by atoms with van der Waals surface area (Å²) in [7, 11) is 1.87. The maximum atomic E-state index is 12.2. The van der Waals surface area contributed by atoms with Gasteiger partial charge < -0.3 is 9.42 Å². The van der Waals surface area contributed by atoms with Crippen LogP contribution < -0.4 is 0 Å². The molecule has 4 nitrogen and oxygen atoms in total. The lowest BCUT2D eigenvalue weighted by molar-refractivity contribution is 0.0588. The Kier molecular flexibility index (Phi) is 3.50. The van der Waals surface area contributed by atoms with Crippen molar-refractivity contribution in [2.45, 2.75) is 45.6 Å². The number of hydrogen-bond acceptors (Lipinski definition) is 3. The SMILES string of the molecule is Cc1cc(C(=O)N(C)[C@H]2CCCC[C@H]2C)on1. The second-order valence-electron chi connectivity index (χ2n) is 5.08. The summed E-state index contributed by atoms with van der Waals surface area (Å²) in [5, 5.41) is 3.76. The third kappa shape index (κ3) is 2.51. The Bertz CT molecular complexity index is 400. The van der Waals surface area contributed by atoms with E-state index in [1.807, 2.05) is 18.9 Å². The van der Waals surface area contributed by atoms with Crippen molar-refractivity contribution >= 4 is 5.91 Å². The maximum absolute atomic E-state index is 12.2. The van der Waals surface area contributed by atoms with Gasteiger partial charge in [0.15, 0.2) is 0 Å². The van der Waals surface area contributed by atoms with Crippen LogP contribution in [0.15, 0.2) is 10.6 Å². The molecule has 0 aromatic carbocycles. The topological polar surface area (TPSA) is 46.3 Å². The average Bonchev–Trinajstić information content (AvgIpc) is 2.75. The first kappa shape index (κ1) is 12.1. The fourth-order valence-electron chi connectivity index (χ4n) is 2.66. The molecule has 1 aliphatic rings. The van der Waals surface area contributed by atoms with E-state index in [9.17, 15) is 4.79 Å². The van der Waals surface area contributed by atoms with E-state index in [2.05, 4.69) is 12.1 Å². The number of rotatable bonds is 2. The van der Waals surface area contributed by atoms with Gasteiger partial charge >= 0.3 is 0 Å². The molecule has 0 unspecified atom stereocenters. The van der Waals surface area contributed by atoms with E-state index in [0.29, 0.717) is 17.7 Å². The van der Waals surface area contributed by atoms with E-state index in [4.69, 9.17) is 4.52 Å². The molecule has 2 atom stereocenters. The molecule has 1 aromatic rings. The fraction of sp³-hybridized carbons (Fsp3) is 0.692. The number of nitrogens with zero attached hydrogens (tertiary/aromatic N) is 2. The number of amides is 1. The van der Waals surface area contributed by atoms with Gasteiger partial charge in [-0.05, 0) is 25.7 Å². The second-order valence-corrected chi connectivity index (χ2v) is 5.08. The van der Waals surface area contributed by atoms with Gasteiger partial charge in [-0.3, -0.25) is 4.79 Å². The Hall–Kier alpha value is -1.32. The van der Waals surface area contributed by atoms with Gasteiger partial charge in [0.05, 0.1) is 5.69 Å². The highest BCUT2D eigenvalue weighted by molar-refractivity contribution is 5.91. The Morgan fingerprint density at radius 1 is 1.47 bits per heavy atom. The highest BCUT2D eigenvalue weighted by Gasteiger charge is 2.29. The summed E-state index contributed by atoms with van der Waals surface area (Å²) in [4.78, 5) is 14.0. The van der Waals surface area contributed by atoms with Crippen LogP contribution in [0.3, 0.4) is 0 Å².